The van der Waals surface area contributed by atoms with Crippen molar-refractivity contribution in [1.29, 1.82) is 0 Å². The van der Waals surface area contributed by atoms with Crippen molar-refractivity contribution >= 4 is 71.3 Å². The Bertz CT molecular complexity index is 1410. The quantitative estimate of drug-likeness (QED) is 0.326. The van der Waals surface area contributed by atoms with Crippen LogP contribution in [0.1, 0.15) is 5.56 Å². The molecule has 3 heterocycles. The minimum atomic E-state index is 0.758. The number of rotatable bonds is 3. The average Bonchev–Trinajstić information content (AvgIpc) is 3.40. The second-order valence-electron chi connectivity index (χ2n) is 7.25. The highest BCUT2D eigenvalue weighted by molar-refractivity contribution is 9.10. The van der Waals surface area contributed by atoms with Gasteiger partial charge in [-0.15, -0.1) is 21.5 Å². The van der Waals surface area contributed by atoms with Gasteiger partial charge in [-0.25, -0.2) is 4.98 Å². The number of fused-ring (bicyclic) bond motifs is 3. The summed E-state index contributed by atoms with van der Waals surface area (Å²) in [5, 5.41) is 14.8. The topological polar surface area (TPSA) is 53.9 Å². The molecular formula is C23H16BrN5S. The molecule has 0 saturated carbocycles. The summed E-state index contributed by atoms with van der Waals surface area (Å²) in [5.74, 6) is 1.66. The van der Waals surface area contributed by atoms with E-state index in [1.165, 1.54) is 11.3 Å². The van der Waals surface area contributed by atoms with E-state index in [2.05, 4.69) is 83.8 Å². The molecule has 146 valence electrons. The van der Waals surface area contributed by atoms with Gasteiger partial charge in [0, 0.05) is 33.2 Å². The average molecular weight is 474 g/mol. The maximum Gasteiger partial charge on any atom is 0.163 e. The zero-order valence-corrected chi connectivity index (χ0v) is 18.2. The molecule has 1 aliphatic rings. The number of nitrogens with one attached hydrogen (secondary N) is 1. The first-order chi connectivity index (χ1) is 14.8. The molecule has 0 bridgehead atoms. The molecule has 1 N–H and O–H groups in total. The number of benzene rings is 3. The van der Waals surface area contributed by atoms with Crippen LogP contribution in [0.4, 0.5) is 23.0 Å². The summed E-state index contributed by atoms with van der Waals surface area (Å²) in [6.45, 7) is 0.902. The molecule has 5 aromatic rings. The molecule has 2 aromatic heterocycles. The van der Waals surface area contributed by atoms with E-state index in [4.69, 9.17) is 0 Å². The fourth-order valence-electron chi connectivity index (χ4n) is 4.04. The maximum atomic E-state index is 4.65. The molecule has 5 nitrogen and oxygen atoms in total. The van der Waals surface area contributed by atoms with Gasteiger partial charge in [0.25, 0.3) is 0 Å². The maximum absolute atomic E-state index is 4.65. The van der Waals surface area contributed by atoms with Crippen molar-refractivity contribution in [2.24, 2.45) is 0 Å². The lowest BCUT2D eigenvalue weighted by molar-refractivity contribution is 0.942. The SMILES string of the molecule is Brc1ccc2c(c1)CCN2c1nnc(Nc2ccc3ncsc3c2)c2ccccc12. The van der Waals surface area contributed by atoms with Crippen molar-refractivity contribution in [1.82, 2.24) is 15.2 Å². The Morgan fingerprint density at radius 1 is 0.967 bits per heavy atom. The summed E-state index contributed by atoms with van der Waals surface area (Å²) in [4.78, 5) is 6.62. The highest BCUT2D eigenvalue weighted by Crippen LogP contribution is 2.39. The number of halogens is 1. The molecule has 0 radical (unpaired) electrons. The molecular weight excluding hydrogens is 458 g/mol. The Kier molecular flexibility index (Phi) is 4.17. The molecule has 0 aliphatic carbocycles. The predicted octanol–water partition coefficient (Wildman–Crippen LogP) is 6.44. The highest BCUT2D eigenvalue weighted by Gasteiger charge is 2.24. The lowest BCUT2D eigenvalue weighted by atomic mass is 10.1. The smallest absolute Gasteiger partial charge is 0.163 e. The minimum Gasteiger partial charge on any atom is -0.338 e. The van der Waals surface area contributed by atoms with Crippen molar-refractivity contribution in [3.05, 3.63) is 76.2 Å². The van der Waals surface area contributed by atoms with E-state index in [1.54, 1.807) is 11.3 Å². The second-order valence-corrected chi connectivity index (χ2v) is 9.05. The minimum absolute atomic E-state index is 0.758. The molecule has 1 aliphatic heterocycles. The monoisotopic (exact) mass is 473 g/mol. The Hall–Kier alpha value is -3.03. The normalized spacial score (nSPS) is 13.2. The van der Waals surface area contributed by atoms with Gasteiger partial charge >= 0.3 is 0 Å². The summed E-state index contributed by atoms with van der Waals surface area (Å²) >= 11 is 5.21. The van der Waals surface area contributed by atoms with Crippen molar-refractivity contribution in [3.8, 4) is 0 Å². The fraction of sp³-hybridized carbons (Fsp3) is 0.0870. The Morgan fingerprint density at radius 3 is 2.80 bits per heavy atom. The lowest BCUT2D eigenvalue weighted by Gasteiger charge is -2.20. The van der Waals surface area contributed by atoms with Gasteiger partial charge in [-0.2, -0.15) is 0 Å². The van der Waals surface area contributed by atoms with E-state index < -0.39 is 0 Å². The van der Waals surface area contributed by atoms with E-state index in [0.717, 1.165) is 55.8 Å². The molecule has 30 heavy (non-hydrogen) atoms. The number of hydrogen-bond acceptors (Lipinski definition) is 6. The molecule has 0 unspecified atom stereocenters. The number of anilines is 4. The van der Waals surface area contributed by atoms with Gasteiger partial charge in [0.15, 0.2) is 11.6 Å². The third-order valence-corrected chi connectivity index (χ3v) is 6.74. The zero-order valence-electron chi connectivity index (χ0n) is 15.8. The standard InChI is InChI=1S/C23H16BrN5S/c24-15-5-8-20-14(11-15)9-10-29(20)23-18-4-2-1-3-17(18)22(27-28-23)26-16-6-7-19-21(12-16)30-13-25-19/h1-8,11-13H,9-10H2,(H,26,27). The van der Waals surface area contributed by atoms with Crippen LogP contribution in [0, 0.1) is 0 Å². The third kappa shape index (κ3) is 2.93. The zero-order chi connectivity index (χ0) is 20.1. The van der Waals surface area contributed by atoms with Crippen LogP contribution in [0.3, 0.4) is 0 Å². The van der Waals surface area contributed by atoms with Crippen molar-refractivity contribution in [2.45, 2.75) is 6.42 Å². The van der Waals surface area contributed by atoms with Crippen LogP contribution < -0.4 is 10.2 Å². The number of hydrogen-bond donors (Lipinski definition) is 1. The lowest BCUT2D eigenvalue weighted by Crippen LogP contribution is -2.16. The van der Waals surface area contributed by atoms with Crippen LogP contribution in [0.2, 0.25) is 0 Å². The van der Waals surface area contributed by atoms with Crippen LogP contribution >= 0.6 is 27.3 Å². The van der Waals surface area contributed by atoms with E-state index in [1.807, 2.05) is 23.7 Å². The second kappa shape index (κ2) is 7.04. The fourth-order valence-corrected chi connectivity index (χ4v) is 5.17. The first kappa shape index (κ1) is 17.8. The predicted molar refractivity (Wildman–Crippen MR) is 127 cm³/mol. The van der Waals surface area contributed by atoms with Crippen molar-refractivity contribution in [2.75, 3.05) is 16.8 Å². The third-order valence-electron chi connectivity index (χ3n) is 5.45. The first-order valence-corrected chi connectivity index (χ1v) is 11.4. The molecule has 3 aromatic carbocycles. The summed E-state index contributed by atoms with van der Waals surface area (Å²) in [6, 6.07) is 20.9. The van der Waals surface area contributed by atoms with Gasteiger partial charge < -0.3 is 10.2 Å². The van der Waals surface area contributed by atoms with Gasteiger partial charge in [0.2, 0.25) is 0 Å². The number of nitrogens with zero attached hydrogens (tertiary/aromatic N) is 4. The number of thiazole rings is 1. The molecule has 0 amide bonds. The summed E-state index contributed by atoms with van der Waals surface area (Å²) < 4.78 is 2.25. The summed E-state index contributed by atoms with van der Waals surface area (Å²) in [7, 11) is 0. The largest absolute Gasteiger partial charge is 0.338 e. The van der Waals surface area contributed by atoms with Crippen LogP contribution in [-0.2, 0) is 6.42 Å². The Morgan fingerprint density at radius 2 is 1.87 bits per heavy atom. The van der Waals surface area contributed by atoms with Crippen LogP contribution in [0.25, 0.3) is 21.0 Å². The molecule has 0 atom stereocenters. The van der Waals surface area contributed by atoms with Crippen molar-refractivity contribution in [3.63, 3.8) is 0 Å². The van der Waals surface area contributed by atoms with Gasteiger partial charge in [0.05, 0.1) is 15.7 Å². The summed E-state index contributed by atoms with van der Waals surface area (Å²) in [5.41, 5.74) is 6.39. The molecule has 7 heteroatoms. The number of aromatic nitrogens is 3. The van der Waals surface area contributed by atoms with Crippen LogP contribution in [0.5, 0.6) is 0 Å². The van der Waals surface area contributed by atoms with Gasteiger partial charge in [-0.1, -0.05) is 40.2 Å². The Labute approximate surface area is 185 Å². The molecule has 0 saturated heterocycles. The van der Waals surface area contributed by atoms with E-state index in [0.29, 0.717) is 0 Å². The molecule has 6 rings (SSSR count). The van der Waals surface area contributed by atoms with Gasteiger partial charge in [0.1, 0.15) is 0 Å². The first-order valence-electron chi connectivity index (χ1n) is 9.68. The Balaban J connectivity index is 1.43. The van der Waals surface area contributed by atoms with Crippen LogP contribution in [-0.4, -0.2) is 21.7 Å². The van der Waals surface area contributed by atoms with E-state index in [9.17, 15) is 0 Å². The van der Waals surface area contributed by atoms with Crippen molar-refractivity contribution < 1.29 is 0 Å². The molecule has 0 spiro atoms. The summed E-state index contributed by atoms with van der Waals surface area (Å²) in [6.07, 6.45) is 1.000. The highest BCUT2D eigenvalue weighted by atomic mass is 79.9. The molecule has 0 fully saturated rings. The van der Waals surface area contributed by atoms with Gasteiger partial charge in [-0.3, -0.25) is 0 Å². The van der Waals surface area contributed by atoms with Gasteiger partial charge in [-0.05, 0) is 48.4 Å². The van der Waals surface area contributed by atoms with E-state index >= 15 is 0 Å². The van der Waals surface area contributed by atoms with E-state index in [-0.39, 0.29) is 0 Å². The van der Waals surface area contributed by atoms with Crippen LogP contribution in [0.15, 0.2) is 70.6 Å².